The first-order chi connectivity index (χ1) is 17.9. The Morgan fingerprint density at radius 2 is 1.54 bits per heavy atom. The molecule has 3 aromatic carbocycles. The van der Waals surface area contributed by atoms with Gasteiger partial charge in [-0.3, -0.25) is 25.7 Å². The van der Waals surface area contributed by atoms with Crippen LogP contribution in [0.25, 0.3) is 5.57 Å². The fourth-order valence-corrected chi connectivity index (χ4v) is 4.31. The molecule has 4 rings (SSSR count). The molecule has 1 aliphatic carbocycles. The molecule has 0 amide bonds. The lowest BCUT2D eigenvalue weighted by molar-refractivity contribution is -0.393. The lowest BCUT2D eigenvalue weighted by Crippen LogP contribution is -2.05. The minimum absolute atomic E-state index is 0.0931. The zero-order valence-corrected chi connectivity index (χ0v) is 20.5. The second-order valence-corrected chi connectivity index (χ2v) is 8.45. The summed E-state index contributed by atoms with van der Waals surface area (Å²) in [5.74, 6) is 1.53. The van der Waals surface area contributed by atoms with Gasteiger partial charge in [0, 0.05) is 6.07 Å². The maximum Gasteiger partial charge on any atom is 0.301 e. The predicted octanol–water partition coefficient (Wildman–Crippen LogP) is 6.17. The van der Waals surface area contributed by atoms with E-state index in [1.54, 1.807) is 14.2 Å². The molecule has 0 unspecified atom stereocenters. The first kappa shape index (κ1) is 25.4. The van der Waals surface area contributed by atoms with Crippen LogP contribution in [0.5, 0.6) is 11.5 Å². The zero-order chi connectivity index (χ0) is 26.4. The third-order valence-electron chi connectivity index (χ3n) is 6.23. The summed E-state index contributed by atoms with van der Waals surface area (Å²) in [7, 11) is 3.25. The Bertz CT molecular complexity index is 1360. The van der Waals surface area contributed by atoms with Gasteiger partial charge in [0.2, 0.25) is 0 Å². The minimum Gasteiger partial charge on any atom is -0.497 e. The second kappa shape index (κ2) is 11.3. The van der Waals surface area contributed by atoms with Crippen molar-refractivity contribution in [2.24, 2.45) is 5.10 Å². The normalized spacial score (nSPS) is 15.4. The van der Waals surface area contributed by atoms with Crippen LogP contribution in [0.15, 0.2) is 77.4 Å². The zero-order valence-electron chi connectivity index (χ0n) is 20.5. The van der Waals surface area contributed by atoms with E-state index in [0.29, 0.717) is 12.8 Å². The monoisotopic (exact) mass is 502 g/mol. The number of anilines is 1. The SMILES string of the molecule is COc1ccc(C/C(=C2/CCC/C2=N\Nc2ccc([N+](=O)[O-])cc2[N+](=O)[O-])c2ccc(OC)cc2)cc1. The first-order valence-corrected chi connectivity index (χ1v) is 11.6. The van der Waals surface area contributed by atoms with Crippen molar-refractivity contribution >= 4 is 28.3 Å². The standard InChI is InChI=1S/C27H26N4O6/c1-36-21-11-6-18(7-12-21)16-24(19-8-13-22(37-2)14-9-19)23-4-3-5-25(23)28-29-26-15-10-20(30(32)33)17-27(26)31(34)35/h6-15,17,29H,3-5,16H2,1-2H3/b24-23+,28-25+. The molecule has 0 bridgehead atoms. The molecule has 190 valence electrons. The van der Waals surface area contributed by atoms with E-state index < -0.39 is 15.5 Å². The average Bonchev–Trinajstić information content (AvgIpc) is 3.39. The molecule has 10 nitrogen and oxygen atoms in total. The van der Waals surface area contributed by atoms with Gasteiger partial charge in [-0.1, -0.05) is 24.3 Å². The summed E-state index contributed by atoms with van der Waals surface area (Å²) >= 11 is 0. The molecule has 0 radical (unpaired) electrons. The number of nitro groups is 2. The number of hydrogen-bond donors (Lipinski definition) is 1. The maximum absolute atomic E-state index is 11.5. The highest BCUT2D eigenvalue weighted by Crippen LogP contribution is 2.35. The van der Waals surface area contributed by atoms with Gasteiger partial charge in [-0.05, 0) is 78.3 Å². The van der Waals surface area contributed by atoms with E-state index >= 15 is 0 Å². The molecule has 0 heterocycles. The molecule has 1 aliphatic rings. The summed E-state index contributed by atoms with van der Waals surface area (Å²) in [5.41, 5.74) is 7.22. The van der Waals surface area contributed by atoms with Crippen molar-refractivity contribution < 1.29 is 19.3 Å². The Balaban J connectivity index is 1.72. The molecule has 0 aromatic heterocycles. The number of rotatable bonds is 9. The van der Waals surface area contributed by atoms with Crippen LogP contribution >= 0.6 is 0 Å². The Kier molecular flexibility index (Phi) is 7.77. The van der Waals surface area contributed by atoms with Crippen LogP contribution in [0, 0.1) is 20.2 Å². The number of benzene rings is 3. The van der Waals surface area contributed by atoms with E-state index in [0.717, 1.165) is 58.4 Å². The summed E-state index contributed by atoms with van der Waals surface area (Å²) < 4.78 is 10.6. The Hall–Kier alpha value is -4.73. The number of non-ortho nitro benzene ring substituents is 1. The van der Waals surface area contributed by atoms with Crippen LogP contribution in [0.4, 0.5) is 17.1 Å². The van der Waals surface area contributed by atoms with E-state index in [4.69, 9.17) is 9.47 Å². The summed E-state index contributed by atoms with van der Waals surface area (Å²) in [4.78, 5) is 21.2. The van der Waals surface area contributed by atoms with Gasteiger partial charge >= 0.3 is 5.69 Å². The number of hydrazone groups is 1. The molecule has 37 heavy (non-hydrogen) atoms. The van der Waals surface area contributed by atoms with Gasteiger partial charge in [-0.15, -0.1) is 0 Å². The lowest BCUT2D eigenvalue weighted by Gasteiger charge is -2.15. The van der Waals surface area contributed by atoms with Gasteiger partial charge in [0.25, 0.3) is 5.69 Å². The number of methoxy groups -OCH3 is 2. The Morgan fingerprint density at radius 1 is 0.892 bits per heavy atom. The van der Waals surface area contributed by atoms with Crippen molar-refractivity contribution in [2.75, 3.05) is 19.6 Å². The summed E-state index contributed by atoms with van der Waals surface area (Å²) in [5, 5.41) is 27.1. The van der Waals surface area contributed by atoms with Crippen molar-refractivity contribution in [3.8, 4) is 11.5 Å². The van der Waals surface area contributed by atoms with E-state index in [9.17, 15) is 20.2 Å². The van der Waals surface area contributed by atoms with Crippen LogP contribution in [0.2, 0.25) is 0 Å². The maximum atomic E-state index is 11.5. The van der Waals surface area contributed by atoms with Gasteiger partial charge in [0.05, 0.1) is 35.8 Å². The molecular weight excluding hydrogens is 476 g/mol. The quantitative estimate of drug-likeness (QED) is 0.274. The summed E-state index contributed by atoms with van der Waals surface area (Å²) in [6.45, 7) is 0. The minimum atomic E-state index is -0.666. The van der Waals surface area contributed by atoms with Gasteiger partial charge in [-0.2, -0.15) is 5.10 Å². The van der Waals surface area contributed by atoms with Crippen molar-refractivity contribution in [1.29, 1.82) is 0 Å². The van der Waals surface area contributed by atoms with Crippen LogP contribution in [-0.2, 0) is 6.42 Å². The Morgan fingerprint density at radius 3 is 2.14 bits per heavy atom. The second-order valence-electron chi connectivity index (χ2n) is 8.45. The molecule has 0 aliphatic heterocycles. The summed E-state index contributed by atoms with van der Waals surface area (Å²) in [6, 6.07) is 19.2. The van der Waals surface area contributed by atoms with E-state index in [-0.39, 0.29) is 11.4 Å². The highest BCUT2D eigenvalue weighted by atomic mass is 16.6. The van der Waals surface area contributed by atoms with Gasteiger partial charge in [0.15, 0.2) is 0 Å². The predicted molar refractivity (Wildman–Crippen MR) is 141 cm³/mol. The highest BCUT2D eigenvalue weighted by Gasteiger charge is 2.23. The molecule has 1 saturated carbocycles. The van der Waals surface area contributed by atoms with Crippen LogP contribution in [0.3, 0.4) is 0 Å². The third-order valence-corrected chi connectivity index (χ3v) is 6.23. The number of nitro benzene ring substituents is 2. The number of nitrogens with zero attached hydrogens (tertiary/aromatic N) is 3. The van der Waals surface area contributed by atoms with E-state index in [2.05, 4.69) is 10.5 Å². The van der Waals surface area contributed by atoms with E-state index in [1.807, 2.05) is 48.5 Å². The van der Waals surface area contributed by atoms with Gasteiger partial charge in [0.1, 0.15) is 17.2 Å². The highest BCUT2D eigenvalue weighted by molar-refractivity contribution is 6.08. The van der Waals surface area contributed by atoms with Crippen LogP contribution in [0.1, 0.15) is 30.4 Å². The molecular formula is C27H26N4O6. The molecule has 0 saturated heterocycles. The Labute approximate surface area is 213 Å². The van der Waals surface area contributed by atoms with Gasteiger partial charge < -0.3 is 9.47 Å². The van der Waals surface area contributed by atoms with Crippen LogP contribution in [-0.4, -0.2) is 29.8 Å². The van der Waals surface area contributed by atoms with E-state index in [1.165, 1.54) is 12.1 Å². The topological polar surface area (TPSA) is 129 Å². The molecule has 1 N–H and O–H groups in total. The lowest BCUT2D eigenvalue weighted by atomic mass is 9.92. The van der Waals surface area contributed by atoms with Crippen molar-refractivity contribution in [2.45, 2.75) is 25.7 Å². The molecule has 0 atom stereocenters. The van der Waals surface area contributed by atoms with Crippen LogP contribution < -0.4 is 14.9 Å². The number of hydrogen-bond acceptors (Lipinski definition) is 8. The smallest absolute Gasteiger partial charge is 0.301 e. The molecule has 10 heteroatoms. The number of allylic oxidation sites excluding steroid dienone is 2. The largest absolute Gasteiger partial charge is 0.497 e. The van der Waals surface area contributed by atoms with Gasteiger partial charge in [-0.25, -0.2) is 0 Å². The summed E-state index contributed by atoms with van der Waals surface area (Å²) in [6.07, 6.45) is 3.05. The molecule has 0 spiro atoms. The molecule has 3 aromatic rings. The first-order valence-electron chi connectivity index (χ1n) is 11.6. The average molecular weight is 503 g/mol. The third kappa shape index (κ3) is 5.92. The number of ether oxygens (including phenoxy) is 2. The van der Waals surface area contributed by atoms with Crippen molar-refractivity contribution in [3.63, 3.8) is 0 Å². The van der Waals surface area contributed by atoms with Crippen molar-refractivity contribution in [1.82, 2.24) is 0 Å². The molecule has 1 fully saturated rings. The fourth-order valence-electron chi connectivity index (χ4n) is 4.31. The van der Waals surface area contributed by atoms with Crippen molar-refractivity contribution in [3.05, 3.63) is 104 Å². The fraction of sp³-hybridized carbons (Fsp3) is 0.222. The number of nitrogens with one attached hydrogen (secondary N) is 1.